The van der Waals surface area contributed by atoms with Crippen LogP contribution in [0.3, 0.4) is 0 Å². The fourth-order valence-corrected chi connectivity index (χ4v) is 2.58. The lowest BCUT2D eigenvalue weighted by Crippen LogP contribution is -2.14. The maximum absolute atomic E-state index is 12.1. The molecule has 19 heavy (non-hydrogen) atoms. The van der Waals surface area contributed by atoms with Gasteiger partial charge in [0.15, 0.2) is 5.82 Å². The van der Waals surface area contributed by atoms with Gasteiger partial charge in [0.05, 0.1) is 11.1 Å². The zero-order valence-electron chi connectivity index (χ0n) is 10.2. The molecule has 2 aromatic rings. The Morgan fingerprint density at radius 1 is 1.37 bits per heavy atom. The van der Waals surface area contributed by atoms with Gasteiger partial charge < -0.3 is 0 Å². The van der Waals surface area contributed by atoms with E-state index in [4.69, 9.17) is 5.26 Å². The molecule has 0 aliphatic heterocycles. The van der Waals surface area contributed by atoms with E-state index >= 15 is 0 Å². The Hall–Kier alpha value is -2.33. The molecule has 0 unspecified atom stereocenters. The van der Waals surface area contributed by atoms with Crippen molar-refractivity contribution in [3.05, 3.63) is 41.6 Å². The molecule has 98 valence electrons. The maximum Gasteiger partial charge on any atom is 0.263 e. The Morgan fingerprint density at radius 3 is 2.63 bits per heavy atom. The molecule has 0 spiro atoms. The first kappa shape index (κ1) is 13.1. The molecule has 0 aliphatic carbocycles. The molecular formula is C12H12N4O2S. The smallest absolute Gasteiger partial charge is 0.263 e. The van der Waals surface area contributed by atoms with E-state index in [1.807, 2.05) is 13.0 Å². The van der Waals surface area contributed by atoms with Gasteiger partial charge in [-0.1, -0.05) is 19.1 Å². The average Bonchev–Trinajstić information content (AvgIpc) is 2.85. The minimum atomic E-state index is -3.71. The van der Waals surface area contributed by atoms with Crippen molar-refractivity contribution in [3.8, 4) is 6.07 Å². The molecule has 0 radical (unpaired) electrons. The van der Waals surface area contributed by atoms with Crippen LogP contribution >= 0.6 is 0 Å². The standard InChI is InChI=1S/C12H12N4O2S/c1-2-9-3-5-11(6-4-9)19(17,18)16-12-10(7-13)8-14-15-12/h3-6,8H,2H2,1H3,(H2,14,15,16). The van der Waals surface area contributed by atoms with Gasteiger partial charge in [0, 0.05) is 0 Å². The lowest BCUT2D eigenvalue weighted by molar-refractivity contribution is 0.601. The second-order valence-electron chi connectivity index (χ2n) is 3.87. The molecule has 2 N–H and O–H groups in total. The molecule has 0 amide bonds. The molecule has 1 aromatic carbocycles. The monoisotopic (exact) mass is 276 g/mol. The minimum Gasteiger partial charge on any atom is -0.263 e. The molecular weight excluding hydrogens is 264 g/mol. The molecule has 1 aromatic heterocycles. The lowest BCUT2D eigenvalue weighted by Gasteiger charge is -2.06. The van der Waals surface area contributed by atoms with Crippen molar-refractivity contribution in [3.63, 3.8) is 0 Å². The van der Waals surface area contributed by atoms with Gasteiger partial charge >= 0.3 is 0 Å². The Kier molecular flexibility index (Phi) is 3.53. The van der Waals surface area contributed by atoms with Crippen molar-refractivity contribution in [2.75, 3.05) is 4.72 Å². The van der Waals surface area contributed by atoms with E-state index < -0.39 is 10.0 Å². The predicted octanol–water partition coefficient (Wildman–Crippen LogP) is 1.64. The third-order valence-corrected chi connectivity index (χ3v) is 4.00. The Labute approximate surface area is 111 Å². The van der Waals surface area contributed by atoms with Gasteiger partial charge in [-0.15, -0.1) is 0 Å². The highest BCUT2D eigenvalue weighted by atomic mass is 32.2. The summed E-state index contributed by atoms with van der Waals surface area (Å²) in [6.07, 6.45) is 2.10. The van der Waals surface area contributed by atoms with Crippen LogP contribution in [0.25, 0.3) is 0 Å². The van der Waals surface area contributed by atoms with Gasteiger partial charge in [-0.2, -0.15) is 10.4 Å². The van der Waals surface area contributed by atoms with Gasteiger partial charge in [-0.25, -0.2) is 8.42 Å². The number of sulfonamides is 1. The van der Waals surface area contributed by atoms with Gasteiger partial charge in [0.2, 0.25) is 0 Å². The predicted molar refractivity (Wildman–Crippen MR) is 69.9 cm³/mol. The number of hydrogen-bond acceptors (Lipinski definition) is 4. The quantitative estimate of drug-likeness (QED) is 0.886. The number of hydrogen-bond donors (Lipinski definition) is 2. The summed E-state index contributed by atoms with van der Waals surface area (Å²) in [5.74, 6) is 0.0714. The third kappa shape index (κ3) is 2.74. The number of benzene rings is 1. The third-order valence-electron chi connectivity index (χ3n) is 2.64. The van der Waals surface area contributed by atoms with E-state index in [1.54, 1.807) is 12.1 Å². The topological polar surface area (TPSA) is 98.6 Å². The van der Waals surface area contributed by atoms with Crippen LogP contribution in [0.1, 0.15) is 18.1 Å². The lowest BCUT2D eigenvalue weighted by atomic mass is 10.2. The number of aryl methyl sites for hydroxylation is 1. The first-order chi connectivity index (χ1) is 9.06. The number of nitriles is 1. The number of H-pyrrole nitrogens is 1. The summed E-state index contributed by atoms with van der Waals surface area (Å²) in [5.41, 5.74) is 1.20. The molecule has 2 rings (SSSR count). The summed E-state index contributed by atoms with van der Waals surface area (Å²) in [6, 6.07) is 8.42. The summed E-state index contributed by atoms with van der Waals surface area (Å²) in [5, 5.41) is 14.9. The zero-order valence-corrected chi connectivity index (χ0v) is 11.0. The first-order valence-corrected chi connectivity index (χ1v) is 7.10. The molecule has 0 atom stereocenters. The van der Waals surface area contributed by atoms with Crippen molar-refractivity contribution in [1.29, 1.82) is 5.26 Å². The molecule has 6 nitrogen and oxygen atoms in total. The van der Waals surface area contributed by atoms with E-state index in [9.17, 15) is 8.42 Å². The van der Waals surface area contributed by atoms with Crippen LogP contribution in [0.4, 0.5) is 5.82 Å². The number of aromatic amines is 1. The van der Waals surface area contributed by atoms with Crippen LogP contribution in [0.5, 0.6) is 0 Å². The van der Waals surface area contributed by atoms with Gasteiger partial charge in [-0.05, 0) is 24.1 Å². The number of nitrogens with one attached hydrogen (secondary N) is 2. The van der Waals surface area contributed by atoms with Crippen molar-refractivity contribution >= 4 is 15.8 Å². The van der Waals surface area contributed by atoms with Crippen LogP contribution < -0.4 is 4.72 Å². The molecule has 0 fully saturated rings. The van der Waals surface area contributed by atoms with Crippen molar-refractivity contribution in [2.45, 2.75) is 18.2 Å². The van der Waals surface area contributed by atoms with Crippen LogP contribution in [-0.2, 0) is 16.4 Å². The summed E-state index contributed by atoms with van der Waals surface area (Å²) < 4.78 is 26.5. The number of aromatic nitrogens is 2. The minimum absolute atomic E-state index is 0.0714. The number of rotatable bonds is 4. The van der Waals surface area contributed by atoms with E-state index in [-0.39, 0.29) is 16.3 Å². The average molecular weight is 276 g/mol. The Balaban J connectivity index is 2.30. The highest BCUT2D eigenvalue weighted by Crippen LogP contribution is 2.17. The first-order valence-electron chi connectivity index (χ1n) is 5.62. The van der Waals surface area contributed by atoms with E-state index in [0.29, 0.717) is 0 Å². The van der Waals surface area contributed by atoms with E-state index in [0.717, 1.165) is 12.0 Å². The number of anilines is 1. The maximum atomic E-state index is 12.1. The molecule has 0 saturated carbocycles. The van der Waals surface area contributed by atoms with Crippen molar-refractivity contribution in [2.24, 2.45) is 0 Å². The summed E-state index contributed by atoms with van der Waals surface area (Å²) in [4.78, 5) is 0.142. The SMILES string of the molecule is CCc1ccc(S(=O)(=O)Nc2[nH]ncc2C#N)cc1. The fraction of sp³-hybridized carbons (Fsp3) is 0.167. The van der Waals surface area contributed by atoms with Crippen molar-refractivity contribution < 1.29 is 8.42 Å². The Bertz CT molecular complexity index is 711. The molecule has 0 aliphatic rings. The summed E-state index contributed by atoms with van der Waals surface area (Å²) >= 11 is 0. The highest BCUT2D eigenvalue weighted by Gasteiger charge is 2.17. The number of nitrogens with zero attached hydrogens (tertiary/aromatic N) is 2. The van der Waals surface area contributed by atoms with Crippen LogP contribution in [0, 0.1) is 11.3 Å². The van der Waals surface area contributed by atoms with E-state index in [1.165, 1.54) is 18.3 Å². The molecule has 7 heteroatoms. The van der Waals surface area contributed by atoms with Crippen LogP contribution in [0.15, 0.2) is 35.4 Å². The van der Waals surface area contributed by atoms with Gasteiger partial charge in [0.25, 0.3) is 10.0 Å². The van der Waals surface area contributed by atoms with Crippen molar-refractivity contribution in [1.82, 2.24) is 10.2 Å². The molecule has 0 saturated heterocycles. The van der Waals surface area contributed by atoms with Gasteiger partial charge in [-0.3, -0.25) is 9.82 Å². The normalized spacial score (nSPS) is 10.9. The summed E-state index contributed by atoms with van der Waals surface area (Å²) in [6.45, 7) is 1.99. The molecule has 1 heterocycles. The second-order valence-corrected chi connectivity index (χ2v) is 5.56. The fourth-order valence-electron chi connectivity index (χ4n) is 1.55. The molecule has 0 bridgehead atoms. The van der Waals surface area contributed by atoms with Gasteiger partial charge in [0.1, 0.15) is 11.6 Å². The Morgan fingerprint density at radius 2 is 2.05 bits per heavy atom. The largest absolute Gasteiger partial charge is 0.263 e. The van der Waals surface area contributed by atoms with E-state index in [2.05, 4.69) is 14.9 Å². The van der Waals surface area contributed by atoms with Crippen LogP contribution in [0.2, 0.25) is 0 Å². The zero-order chi connectivity index (χ0) is 13.9. The van der Waals surface area contributed by atoms with Crippen LogP contribution in [-0.4, -0.2) is 18.6 Å². The summed E-state index contributed by atoms with van der Waals surface area (Å²) in [7, 11) is -3.71. The highest BCUT2D eigenvalue weighted by molar-refractivity contribution is 7.92. The second kappa shape index (κ2) is 5.12.